The second-order valence-electron chi connectivity index (χ2n) is 12.6. The van der Waals surface area contributed by atoms with Crippen molar-refractivity contribution in [2.75, 3.05) is 39.3 Å². The first-order chi connectivity index (χ1) is 24.9. The lowest BCUT2D eigenvalue weighted by Gasteiger charge is -2.15. The van der Waals surface area contributed by atoms with E-state index in [4.69, 9.17) is 0 Å². The molecule has 8 N–H and O–H groups in total. The van der Waals surface area contributed by atoms with Crippen LogP contribution in [-0.4, -0.2) is 116 Å². The predicted molar refractivity (Wildman–Crippen MR) is 189 cm³/mol. The highest BCUT2D eigenvalue weighted by molar-refractivity contribution is 5.89. The Morgan fingerprint density at radius 2 is 1.08 bits per heavy atom. The van der Waals surface area contributed by atoms with Gasteiger partial charge >= 0.3 is 0 Å². The van der Waals surface area contributed by atoms with Gasteiger partial charge in [0.25, 0.3) is 0 Å². The number of H-pyrrole nitrogens is 1. The van der Waals surface area contributed by atoms with Gasteiger partial charge in [0.2, 0.25) is 35.4 Å². The molecule has 17 heteroatoms. The van der Waals surface area contributed by atoms with Crippen molar-refractivity contribution in [3.63, 3.8) is 0 Å². The van der Waals surface area contributed by atoms with Gasteiger partial charge in [-0.25, -0.2) is 15.2 Å². The van der Waals surface area contributed by atoms with Crippen molar-refractivity contribution in [3.8, 4) is 5.75 Å². The van der Waals surface area contributed by atoms with Crippen molar-refractivity contribution in [2.45, 2.75) is 96.8 Å². The number of aromatic hydroxyl groups is 1. The summed E-state index contributed by atoms with van der Waals surface area (Å²) in [5.74, 6) is -2.21. The van der Waals surface area contributed by atoms with Gasteiger partial charge in [0, 0.05) is 89.0 Å². The number of nitrogens with zero attached hydrogens (tertiary/aromatic N) is 3. The van der Waals surface area contributed by atoms with Crippen molar-refractivity contribution < 1.29 is 49.5 Å². The normalized spacial score (nSPS) is 10.8. The van der Waals surface area contributed by atoms with E-state index in [0.29, 0.717) is 92.6 Å². The highest BCUT2D eigenvalue weighted by Gasteiger charge is 2.15. The molecule has 290 valence electrons. The summed E-state index contributed by atoms with van der Waals surface area (Å²) >= 11 is 0. The van der Waals surface area contributed by atoms with Gasteiger partial charge in [-0.1, -0.05) is 0 Å². The summed E-state index contributed by atoms with van der Waals surface area (Å²) in [4.78, 5) is 74.6. The fourth-order valence-corrected chi connectivity index (χ4v) is 5.20. The van der Waals surface area contributed by atoms with E-state index in [-0.39, 0.29) is 75.2 Å². The largest absolute Gasteiger partial charge is 0.508 e. The van der Waals surface area contributed by atoms with E-state index < -0.39 is 17.7 Å². The van der Waals surface area contributed by atoms with Crippen LogP contribution in [0.1, 0.15) is 96.0 Å². The zero-order valence-electron chi connectivity index (χ0n) is 30.0. The summed E-state index contributed by atoms with van der Waals surface area (Å²) in [5.41, 5.74) is 1.62. The van der Waals surface area contributed by atoms with Crippen molar-refractivity contribution in [3.05, 3.63) is 30.0 Å². The van der Waals surface area contributed by atoms with Gasteiger partial charge in [-0.05, 0) is 81.5 Å². The van der Waals surface area contributed by atoms with Crippen LogP contribution < -0.4 is 16.0 Å². The predicted octanol–water partition coefficient (Wildman–Crippen LogP) is 2.51. The van der Waals surface area contributed by atoms with E-state index >= 15 is 0 Å². The number of unbranched alkanes of at least 4 members (excludes halogenated alkanes) is 6. The number of hydrogen-bond acceptors (Lipinski definition) is 10. The van der Waals surface area contributed by atoms with Gasteiger partial charge in [0.05, 0.1) is 6.42 Å². The fourth-order valence-electron chi connectivity index (χ4n) is 5.20. The summed E-state index contributed by atoms with van der Waals surface area (Å²) in [6.45, 7) is 2.90. The fraction of sp³-hybridized carbons (Fsp3) is 0.600. The van der Waals surface area contributed by atoms with Gasteiger partial charge in [-0.3, -0.25) is 44.4 Å². The molecule has 2 aromatic rings. The summed E-state index contributed by atoms with van der Waals surface area (Å²) in [6.07, 6.45) is 7.02. The van der Waals surface area contributed by atoms with Gasteiger partial charge in [0.15, 0.2) is 0 Å². The molecule has 0 unspecified atom stereocenters. The van der Waals surface area contributed by atoms with Crippen LogP contribution in [0.2, 0.25) is 0 Å². The van der Waals surface area contributed by atoms with Crippen LogP contribution in [0, 0.1) is 0 Å². The average Bonchev–Trinajstić information content (AvgIpc) is 3.50. The minimum Gasteiger partial charge on any atom is -0.508 e. The first kappa shape index (κ1) is 43.4. The Morgan fingerprint density at radius 3 is 1.56 bits per heavy atom. The standard InChI is InChI=1S/C35H55N7O10/c1-26(43)40(50)20-8-2-5-17-36-31(45)13-15-34(48)41(51)21-9-3-6-18-37-32(46)14-16-35(49)42(52)22-10-4-7-19-38-33(47)23-27-25-39-30-12-11-28(44)24-29(27)30/h11-12,24-25,39,44,50-52H,2-10,13-23H2,1H3,(H,36,45)(H,37,46)(H,38,47). The van der Waals surface area contributed by atoms with Gasteiger partial charge in [-0.15, -0.1) is 0 Å². The third-order valence-corrected chi connectivity index (χ3v) is 8.28. The second kappa shape index (κ2) is 24.4. The molecular weight excluding hydrogens is 678 g/mol. The Bertz CT molecular complexity index is 1450. The molecule has 0 bridgehead atoms. The molecule has 0 aliphatic rings. The van der Waals surface area contributed by atoms with Crippen LogP contribution >= 0.6 is 0 Å². The molecular formula is C35H55N7O10. The number of aromatic amines is 1. The summed E-state index contributed by atoms with van der Waals surface area (Å²) in [6, 6.07) is 4.93. The first-order valence-corrected chi connectivity index (χ1v) is 17.9. The molecule has 0 saturated heterocycles. The third-order valence-electron chi connectivity index (χ3n) is 8.28. The van der Waals surface area contributed by atoms with Gasteiger partial charge in [-0.2, -0.15) is 0 Å². The number of phenolic OH excluding ortho intramolecular Hbond substituents is 1. The molecule has 0 aliphatic carbocycles. The maximum Gasteiger partial charge on any atom is 0.246 e. The molecule has 17 nitrogen and oxygen atoms in total. The van der Waals surface area contributed by atoms with Crippen LogP contribution in [0.5, 0.6) is 5.75 Å². The average molecular weight is 734 g/mol. The molecule has 0 saturated carbocycles. The van der Waals surface area contributed by atoms with Crippen LogP contribution in [0.15, 0.2) is 24.4 Å². The Morgan fingerprint density at radius 1 is 0.615 bits per heavy atom. The number of carbonyl (C=O) groups is 6. The summed E-state index contributed by atoms with van der Waals surface area (Å²) < 4.78 is 0. The minimum absolute atomic E-state index is 0.0586. The number of carbonyl (C=O) groups excluding carboxylic acids is 6. The molecule has 0 radical (unpaired) electrons. The van der Waals surface area contributed by atoms with E-state index in [1.807, 2.05) is 0 Å². The number of hydroxylamine groups is 6. The highest BCUT2D eigenvalue weighted by atomic mass is 16.5. The molecule has 0 atom stereocenters. The Hall–Kier alpha value is -4.74. The maximum atomic E-state index is 12.3. The number of amides is 6. The van der Waals surface area contributed by atoms with Crippen molar-refractivity contribution in [2.24, 2.45) is 0 Å². The number of nitrogens with one attached hydrogen (secondary N) is 4. The number of rotatable bonds is 26. The zero-order valence-corrected chi connectivity index (χ0v) is 30.0. The first-order valence-electron chi connectivity index (χ1n) is 17.9. The van der Waals surface area contributed by atoms with E-state index in [9.17, 15) is 49.5 Å². The van der Waals surface area contributed by atoms with Crippen molar-refractivity contribution in [1.82, 2.24) is 36.1 Å². The lowest BCUT2D eigenvalue weighted by atomic mass is 10.1. The Labute approximate surface area is 303 Å². The monoisotopic (exact) mass is 733 g/mol. The molecule has 0 aliphatic heterocycles. The quantitative estimate of drug-likeness (QED) is 0.0399. The molecule has 1 aromatic carbocycles. The Balaban J connectivity index is 1.42. The molecule has 1 aromatic heterocycles. The number of benzene rings is 1. The van der Waals surface area contributed by atoms with Gasteiger partial charge in [0.1, 0.15) is 5.75 Å². The topological polar surface area (TPSA) is 245 Å². The third kappa shape index (κ3) is 18.0. The lowest BCUT2D eigenvalue weighted by molar-refractivity contribution is -0.166. The maximum absolute atomic E-state index is 12.3. The van der Waals surface area contributed by atoms with E-state index in [1.165, 1.54) is 6.92 Å². The van der Waals surface area contributed by atoms with Crippen LogP contribution in [0.4, 0.5) is 0 Å². The van der Waals surface area contributed by atoms with Crippen molar-refractivity contribution in [1.29, 1.82) is 0 Å². The smallest absolute Gasteiger partial charge is 0.246 e. The molecule has 0 fully saturated rings. The van der Waals surface area contributed by atoms with E-state index in [2.05, 4.69) is 20.9 Å². The zero-order chi connectivity index (χ0) is 38.3. The minimum atomic E-state index is -0.566. The number of aromatic nitrogens is 1. The molecule has 52 heavy (non-hydrogen) atoms. The van der Waals surface area contributed by atoms with Gasteiger partial charge < -0.3 is 26.0 Å². The van der Waals surface area contributed by atoms with E-state index in [0.717, 1.165) is 16.5 Å². The molecule has 0 spiro atoms. The summed E-state index contributed by atoms with van der Waals surface area (Å²) in [5, 5.41) is 49.8. The number of phenols is 1. The van der Waals surface area contributed by atoms with Crippen LogP contribution in [-0.2, 0) is 35.2 Å². The highest BCUT2D eigenvalue weighted by Crippen LogP contribution is 2.23. The SMILES string of the molecule is CC(=O)N(O)CCCCCNC(=O)CCC(=O)N(O)CCCCCNC(=O)CCC(=O)N(O)CCCCCNC(=O)Cc1c[nH]c2ccc(O)cc12. The molecule has 6 amide bonds. The number of hydrogen-bond donors (Lipinski definition) is 8. The molecule has 1 heterocycles. The second-order valence-corrected chi connectivity index (χ2v) is 12.6. The molecule has 2 rings (SSSR count). The lowest BCUT2D eigenvalue weighted by Crippen LogP contribution is -2.31. The van der Waals surface area contributed by atoms with E-state index in [1.54, 1.807) is 24.4 Å². The number of fused-ring (bicyclic) bond motifs is 1. The van der Waals surface area contributed by atoms with Crippen molar-refractivity contribution >= 4 is 46.3 Å². The van der Waals surface area contributed by atoms with Crippen LogP contribution in [0.3, 0.4) is 0 Å². The Kier molecular flexibility index (Phi) is 20.4. The summed E-state index contributed by atoms with van der Waals surface area (Å²) in [7, 11) is 0. The van der Waals surface area contributed by atoms with Crippen LogP contribution in [0.25, 0.3) is 10.9 Å².